The first-order chi connectivity index (χ1) is 20.8. The summed E-state index contributed by atoms with van der Waals surface area (Å²) in [6.45, 7) is 2.99. The van der Waals surface area contributed by atoms with Crippen molar-refractivity contribution in [1.29, 1.82) is 5.26 Å². The second-order valence-electron chi connectivity index (χ2n) is 11.0. The Labute approximate surface area is 249 Å². The van der Waals surface area contributed by atoms with E-state index in [1.807, 2.05) is 47.0 Å². The zero-order valence-electron chi connectivity index (χ0n) is 23.8. The van der Waals surface area contributed by atoms with E-state index >= 15 is 0 Å². The van der Waals surface area contributed by atoms with Gasteiger partial charge in [0.2, 0.25) is 5.91 Å². The molecule has 3 aromatic carbocycles. The third-order valence-electron chi connectivity index (χ3n) is 8.05. The zero-order chi connectivity index (χ0) is 30.2. The van der Waals surface area contributed by atoms with Crippen LogP contribution < -0.4 is 5.32 Å². The molecule has 5 rings (SSSR count). The van der Waals surface area contributed by atoms with Gasteiger partial charge in [-0.3, -0.25) is 4.79 Å². The van der Waals surface area contributed by atoms with Crippen molar-refractivity contribution < 1.29 is 18.0 Å². The first kappa shape index (κ1) is 30.1. The zero-order valence-corrected chi connectivity index (χ0v) is 23.8. The van der Waals surface area contributed by atoms with E-state index in [2.05, 4.69) is 21.3 Å². The minimum Gasteiger partial charge on any atom is -0.355 e. The highest BCUT2D eigenvalue weighted by Crippen LogP contribution is 2.34. The topological polar surface area (TPSA) is 74.0 Å². The Hall–Kier alpha value is -4.42. The van der Waals surface area contributed by atoms with Crippen molar-refractivity contribution in [2.45, 2.75) is 37.9 Å². The summed E-state index contributed by atoms with van der Waals surface area (Å²) in [7, 11) is 0. The third-order valence-corrected chi connectivity index (χ3v) is 8.05. The molecule has 222 valence electrons. The van der Waals surface area contributed by atoms with Gasteiger partial charge in [0.1, 0.15) is 0 Å². The summed E-state index contributed by atoms with van der Waals surface area (Å²) in [4.78, 5) is 19.7. The molecule has 0 radical (unpaired) electrons. The Morgan fingerprint density at radius 3 is 2.56 bits per heavy atom. The summed E-state index contributed by atoms with van der Waals surface area (Å²) < 4.78 is 42.5. The number of aromatic nitrogens is 2. The molecule has 2 heterocycles. The van der Waals surface area contributed by atoms with Crippen LogP contribution in [0.5, 0.6) is 0 Å². The fraction of sp³-hybridized carbons (Fsp3) is 0.324. The normalized spacial score (nSPS) is 16.4. The number of halogens is 3. The van der Waals surface area contributed by atoms with Gasteiger partial charge in [0.25, 0.3) is 0 Å². The first-order valence-corrected chi connectivity index (χ1v) is 14.5. The van der Waals surface area contributed by atoms with Crippen LogP contribution in [0.1, 0.15) is 52.3 Å². The average Bonchev–Trinajstić information content (AvgIpc) is 3.47. The van der Waals surface area contributed by atoms with Crippen molar-refractivity contribution in [3.63, 3.8) is 0 Å². The van der Waals surface area contributed by atoms with Gasteiger partial charge in [-0.1, -0.05) is 60.7 Å². The fourth-order valence-corrected chi connectivity index (χ4v) is 5.75. The number of rotatable bonds is 10. The van der Waals surface area contributed by atoms with Gasteiger partial charge < -0.3 is 14.8 Å². The van der Waals surface area contributed by atoms with E-state index in [0.29, 0.717) is 43.7 Å². The summed E-state index contributed by atoms with van der Waals surface area (Å²) >= 11 is 0. The molecule has 1 aliphatic heterocycles. The van der Waals surface area contributed by atoms with Crippen molar-refractivity contribution in [3.05, 3.63) is 125 Å². The predicted octanol–water partition coefficient (Wildman–Crippen LogP) is 6.02. The maximum atomic E-state index is 13.5. The second kappa shape index (κ2) is 13.7. The van der Waals surface area contributed by atoms with Crippen LogP contribution in [-0.2, 0) is 23.9 Å². The summed E-state index contributed by atoms with van der Waals surface area (Å²) in [5.41, 5.74) is 3.59. The number of hydrogen-bond acceptors (Lipinski definition) is 4. The number of alkyl halides is 3. The molecule has 6 nitrogen and oxygen atoms in total. The molecule has 1 saturated heterocycles. The quantitative estimate of drug-likeness (QED) is 0.247. The molecule has 1 amide bonds. The van der Waals surface area contributed by atoms with Crippen molar-refractivity contribution in [3.8, 4) is 6.07 Å². The van der Waals surface area contributed by atoms with Gasteiger partial charge in [0, 0.05) is 50.4 Å². The maximum Gasteiger partial charge on any atom is 0.416 e. The van der Waals surface area contributed by atoms with E-state index in [0.717, 1.165) is 42.3 Å². The standard InChI is InChI=1S/C34H34F3N5O/c35-34(36,37)30-10-4-8-28(18-30)32(27-6-2-1-3-7-27)23-41-17-5-9-29(22-41)33(43)40-16-15-31-20-39-24-42(31)21-26-13-11-25(19-38)12-14-26/h1-4,6-8,10-14,18,20,24,29,32H,5,9,15-17,21-23H2,(H,40,43). The predicted molar refractivity (Wildman–Crippen MR) is 158 cm³/mol. The van der Waals surface area contributed by atoms with Crippen LogP contribution >= 0.6 is 0 Å². The Kier molecular flexibility index (Phi) is 9.58. The number of likely N-dealkylation sites (tertiary alicyclic amines) is 1. The van der Waals surface area contributed by atoms with E-state index < -0.39 is 11.7 Å². The molecular weight excluding hydrogens is 551 g/mol. The van der Waals surface area contributed by atoms with Crippen molar-refractivity contribution >= 4 is 5.91 Å². The highest BCUT2D eigenvalue weighted by Gasteiger charge is 2.32. The average molecular weight is 586 g/mol. The molecule has 1 aromatic heterocycles. The lowest BCUT2D eigenvalue weighted by Crippen LogP contribution is -2.44. The van der Waals surface area contributed by atoms with Crippen LogP contribution in [0.3, 0.4) is 0 Å². The number of piperidine rings is 1. The smallest absolute Gasteiger partial charge is 0.355 e. The van der Waals surface area contributed by atoms with Crippen LogP contribution in [0.25, 0.3) is 0 Å². The Morgan fingerprint density at radius 2 is 1.81 bits per heavy atom. The van der Waals surface area contributed by atoms with Gasteiger partial charge in [-0.05, 0) is 54.3 Å². The minimum atomic E-state index is -4.41. The summed E-state index contributed by atoms with van der Waals surface area (Å²) in [5.74, 6) is -0.435. The van der Waals surface area contributed by atoms with Crippen LogP contribution in [0, 0.1) is 17.2 Å². The lowest BCUT2D eigenvalue weighted by molar-refractivity contribution is -0.137. The monoisotopic (exact) mass is 585 g/mol. The number of amides is 1. The van der Waals surface area contributed by atoms with Gasteiger partial charge >= 0.3 is 6.18 Å². The molecule has 43 heavy (non-hydrogen) atoms. The fourth-order valence-electron chi connectivity index (χ4n) is 5.75. The van der Waals surface area contributed by atoms with Gasteiger partial charge in [0.05, 0.1) is 29.4 Å². The third kappa shape index (κ3) is 7.90. The van der Waals surface area contributed by atoms with Crippen molar-refractivity contribution in [1.82, 2.24) is 19.8 Å². The van der Waals surface area contributed by atoms with E-state index in [1.54, 1.807) is 30.7 Å². The number of imidazole rings is 1. The molecule has 0 spiro atoms. The van der Waals surface area contributed by atoms with E-state index in [-0.39, 0.29) is 17.7 Å². The molecule has 1 N–H and O–H groups in total. The van der Waals surface area contributed by atoms with E-state index in [1.165, 1.54) is 12.1 Å². The van der Waals surface area contributed by atoms with Crippen LogP contribution in [0.2, 0.25) is 0 Å². The van der Waals surface area contributed by atoms with Crippen molar-refractivity contribution in [2.75, 3.05) is 26.2 Å². The minimum absolute atomic E-state index is 0.00168. The molecule has 0 aliphatic carbocycles. The van der Waals surface area contributed by atoms with Crippen LogP contribution in [-0.4, -0.2) is 46.5 Å². The largest absolute Gasteiger partial charge is 0.416 e. The van der Waals surface area contributed by atoms with E-state index in [4.69, 9.17) is 5.26 Å². The Balaban J connectivity index is 1.19. The first-order valence-electron chi connectivity index (χ1n) is 14.5. The lowest BCUT2D eigenvalue weighted by atomic mass is 9.88. The number of benzene rings is 3. The van der Waals surface area contributed by atoms with Crippen LogP contribution in [0.4, 0.5) is 13.2 Å². The molecular formula is C34H34F3N5O. The van der Waals surface area contributed by atoms with Gasteiger partial charge in [-0.15, -0.1) is 0 Å². The van der Waals surface area contributed by atoms with Crippen LogP contribution in [0.15, 0.2) is 91.4 Å². The molecule has 2 atom stereocenters. The number of nitrogens with one attached hydrogen (secondary N) is 1. The second-order valence-corrected chi connectivity index (χ2v) is 11.0. The molecule has 1 aliphatic rings. The SMILES string of the molecule is N#Cc1ccc(Cn2cncc2CCNC(=O)C2CCCN(CC(c3ccccc3)c3cccc(C(F)(F)F)c3)C2)cc1. The number of nitriles is 1. The lowest BCUT2D eigenvalue weighted by Gasteiger charge is -2.35. The number of hydrogen-bond donors (Lipinski definition) is 1. The van der Waals surface area contributed by atoms with Crippen molar-refractivity contribution in [2.24, 2.45) is 5.92 Å². The number of nitrogens with zero attached hydrogens (tertiary/aromatic N) is 4. The summed E-state index contributed by atoms with van der Waals surface area (Å²) in [6.07, 6.45) is 1.41. The molecule has 0 bridgehead atoms. The molecule has 2 unspecified atom stereocenters. The molecule has 0 saturated carbocycles. The van der Waals surface area contributed by atoms with Gasteiger partial charge in [0.15, 0.2) is 0 Å². The number of carbonyl (C=O) groups is 1. The van der Waals surface area contributed by atoms with Gasteiger partial charge in [-0.25, -0.2) is 4.98 Å². The van der Waals surface area contributed by atoms with E-state index in [9.17, 15) is 18.0 Å². The number of carbonyl (C=O) groups excluding carboxylic acids is 1. The Morgan fingerprint density at radius 1 is 1.05 bits per heavy atom. The highest BCUT2D eigenvalue weighted by molar-refractivity contribution is 5.79. The molecule has 9 heteroatoms. The Bertz CT molecular complexity index is 1540. The summed E-state index contributed by atoms with van der Waals surface area (Å²) in [5, 5.41) is 12.1. The van der Waals surface area contributed by atoms with Gasteiger partial charge in [-0.2, -0.15) is 18.4 Å². The maximum absolute atomic E-state index is 13.5. The summed E-state index contributed by atoms with van der Waals surface area (Å²) in [6, 6.07) is 24.7. The highest BCUT2D eigenvalue weighted by atomic mass is 19.4. The molecule has 1 fully saturated rings. The molecule has 4 aromatic rings.